The SMILES string of the molecule is OCCCCNc1ccc2ccc3cccc4ccc1c2c34. The number of nitrogens with one attached hydrogen (secondary N) is 1. The molecule has 0 amide bonds. The van der Waals surface area contributed by atoms with Gasteiger partial charge in [0.25, 0.3) is 0 Å². The average molecular weight is 289 g/mol. The molecule has 0 aromatic heterocycles. The molecule has 4 rings (SSSR count). The van der Waals surface area contributed by atoms with Gasteiger partial charge in [0.2, 0.25) is 0 Å². The minimum atomic E-state index is 0.264. The molecular weight excluding hydrogens is 270 g/mol. The van der Waals surface area contributed by atoms with Crippen molar-refractivity contribution in [2.45, 2.75) is 12.8 Å². The van der Waals surface area contributed by atoms with Crippen LogP contribution in [0.25, 0.3) is 32.3 Å². The van der Waals surface area contributed by atoms with Crippen molar-refractivity contribution >= 4 is 38.0 Å². The maximum Gasteiger partial charge on any atom is 0.0431 e. The summed E-state index contributed by atoms with van der Waals surface area (Å²) < 4.78 is 0. The summed E-state index contributed by atoms with van der Waals surface area (Å²) in [4.78, 5) is 0. The van der Waals surface area contributed by atoms with Crippen LogP contribution in [0, 0.1) is 0 Å². The van der Waals surface area contributed by atoms with E-state index in [1.54, 1.807) is 0 Å². The number of anilines is 1. The van der Waals surface area contributed by atoms with Gasteiger partial charge >= 0.3 is 0 Å². The van der Waals surface area contributed by atoms with Gasteiger partial charge in [0.1, 0.15) is 0 Å². The fraction of sp³-hybridized carbons (Fsp3) is 0.200. The molecule has 2 nitrogen and oxygen atoms in total. The van der Waals surface area contributed by atoms with Crippen molar-refractivity contribution in [2.24, 2.45) is 0 Å². The average Bonchev–Trinajstić information content (AvgIpc) is 2.57. The molecule has 0 radical (unpaired) electrons. The number of rotatable bonds is 5. The largest absolute Gasteiger partial charge is 0.396 e. The van der Waals surface area contributed by atoms with Crippen LogP contribution in [-0.2, 0) is 0 Å². The third-order valence-corrected chi connectivity index (χ3v) is 4.43. The first-order valence-corrected chi connectivity index (χ1v) is 7.90. The third kappa shape index (κ3) is 2.08. The van der Waals surface area contributed by atoms with E-state index in [2.05, 4.69) is 59.9 Å². The predicted octanol–water partition coefficient (Wildman–Crippen LogP) is 4.77. The second kappa shape index (κ2) is 5.47. The van der Waals surface area contributed by atoms with Crippen LogP contribution in [0.15, 0.2) is 54.6 Å². The number of unbranched alkanes of at least 4 members (excludes halogenated alkanes) is 1. The van der Waals surface area contributed by atoms with Crippen molar-refractivity contribution in [3.8, 4) is 0 Å². The topological polar surface area (TPSA) is 32.3 Å². The quantitative estimate of drug-likeness (QED) is 0.410. The van der Waals surface area contributed by atoms with Crippen molar-refractivity contribution < 1.29 is 5.11 Å². The molecule has 0 saturated heterocycles. The number of benzene rings is 4. The molecule has 2 N–H and O–H groups in total. The van der Waals surface area contributed by atoms with Crippen LogP contribution in [-0.4, -0.2) is 18.3 Å². The highest BCUT2D eigenvalue weighted by molar-refractivity contribution is 6.25. The van der Waals surface area contributed by atoms with Gasteiger partial charge < -0.3 is 10.4 Å². The van der Waals surface area contributed by atoms with Gasteiger partial charge in [-0.3, -0.25) is 0 Å². The molecule has 0 bridgehead atoms. The standard InChI is InChI=1S/C20H19NO/c22-13-2-1-12-21-18-11-9-16-7-6-14-4-3-5-15-8-10-17(18)20(16)19(14)15/h3-11,21-22H,1-2,12-13H2. The highest BCUT2D eigenvalue weighted by Crippen LogP contribution is 2.37. The molecule has 22 heavy (non-hydrogen) atoms. The first-order chi connectivity index (χ1) is 10.9. The molecule has 0 aliphatic heterocycles. The van der Waals surface area contributed by atoms with Crippen LogP contribution >= 0.6 is 0 Å². The summed E-state index contributed by atoms with van der Waals surface area (Å²) in [6.07, 6.45) is 1.83. The minimum absolute atomic E-state index is 0.264. The van der Waals surface area contributed by atoms with Crippen molar-refractivity contribution in [1.82, 2.24) is 0 Å². The highest BCUT2D eigenvalue weighted by Gasteiger charge is 2.10. The van der Waals surface area contributed by atoms with Crippen molar-refractivity contribution in [3.63, 3.8) is 0 Å². The van der Waals surface area contributed by atoms with E-state index in [1.165, 1.54) is 38.0 Å². The van der Waals surface area contributed by atoms with Crippen LogP contribution in [0.5, 0.6) is 0 Å². The molecule has 0 saturated carbocycles. The van der Waals surface area contributed by atoms with Gasteiger partial charge in [0, 0.05) is 24.2 Å². The summed E-state index contributed by atoms with van der Waals surface area (Å²) >= 11 is 0. The van der Waals surface area contributed by atoms with E-state index < -0.39 is 0 Å². The molecular formula is C20H19NO. The summed E-state index contributed by atoms with van der Waals surface area (Å²) in [5.74, 6) is 0. The first kappa shape index (κ1) is 13.4. The number of aliphatic hydroxyl groups is 1. The zero-order valence-corrected chi connectivity index (χ0v) is 12.5. The van der Waals surface area contributed by atoms with Gasteiger partial charge in [0.05, 0.1) is 0 Å². The monoisotopic (exact) mass is 289 g/mol. The molecule has 4 aromatic carbocycles. The lowest BCUT2D eigenvalue weighted by atomic mass is 9.93. The Labute approximate surface area is 129 Å². The van der Waals surface area contributed by atoms with Gasteiger partial charge in [-0.05, 0) is 45.8 Å². The van der Waals surface area contributed by atoms with Crippen LogP contribution in [0.3, 0.4) is 0 Å². The van der Waals surface area contributed by atoms with E-state index in [0.29, 0.717) is 0 Å². The van der Waals surface area contributed by atoms with Gasteiger partial charge in [-0.15, -0.1) is 0 Å². The molecule has 2 heteroatoms. The van der Waals surface area contributed by atoms with Crippen molar-refractivity contribution in [1.29, 1.82) is 0 Å². The van der Waals surface area contributed by atoms with E-state index in [0.717, 1.165) is 19.4 Å². The van der Waals surface area contributed by atoms with E-state index in [9.17, 15) is 0 Å². The van der Waals surface area contributed by atoms with Gasteiger partial charge in [-0.25, -0.2) is 0 Å². The molecule has 110 valence electrons. The first-order valence-electron chi connectivity index (χ1n) is 7.90. The molecule has 0 aliphatic carbocycles. The summed E-state index contributed by atoms with van der Waals surface area (Å²) in [6.45, 7) is 1.16. The maximum absolute atomic E-state index is 8.89. The maximum atomic E-state index is 8.89. The molecule has 0 fully saturated rings. The molecule has 0 aliphatic rings. The Morgan fingerprint density at radius 3 is 2.18 bits per heavy atom. The normalized spacial score (nSPS) is 11.7. The lowest BCUT2D eigenvalue weighted by Crippen LogP contribution is -2.03. The lowest BCUT2D eigenvalue weighted by molar-refractivity contribution is 0.286. The van der Waals surface area contributed by atoms with Crippen molar-refractivity contribution in [3.05, 3.63) is 54.6 Å². The Morgan fingerprint density at radius 1 is 0.727 bits per heavy atom. The Kier molecular flexibility index (Phi) is 3.32. The van der Waals surface area contributed by atoms with Crippen molar-refractivity contribution in [2.75, 3.05) is 18.5 Å². The zero-order chi connectivity index (χ0) is 14.9. The minimum Gasteiger partial charge on any atom is -0.396 e. The predicted molar refractivity (Wildman–Crippen MR) is 95.0 cm³/mol. The van der Waals surface area contributed by atoms with E-state index in [4.69, 9.17) is 5.11 Å². The van der Waals surface area contributed by atoms with Crippen LogP contribution in [0.2, 0.25) is 0 Å². The summed E-state index contributed by atoms with van der Waals surface area (Å²) in [5, 5.41) is 20.3. The molecule has 0 unspecified atom stereocenters. The molecule has 4 aromatic rings. The van der Waals surface area contributed by atoms with Gasteiger partial charge in [-0.2, -0.15) is 0 Å². The molecule has 0 atom stereocenters. The molecule has 0 spiro atoms. The van der Waals surface area contributed by atoms with Gasteiger partial charge in [-0.1, -0.05) is 48.5 Å². The Bertz CT molecular complexity index is 913. The van der Waals surface area contributed by atoms with E-state index in [-0.39, 0.29) is 6.61 Å². The fourth-order valence-electron chi connectivity index (χ4n) is 3.35. The Balaban J connectivity index is 1.89. The highest BCUT2D eigenvalue weighted by atomic mass is 16.2. The summed E-state index contributed by atoms with van der Waals surface area (Å²) in [6, 6.07) is 19.7. The smallest absolute Gasteiger partial charge is 0.0431 e. The number of hydrogen-bond donors (Lipinski definition) is 2. The fourth-order valence-corrected chi connectivity index (χ4v) is 3.35. The second-order valence-electron chi connectivity index (χ2n) is 5.83. The zero-order valence-electron chi connectivity index (χ0n) is 12.5. The summed E-state index contributed by atoms with van der Waals surface area (Å²) in [5.41, 5.74) is 1.18. The lowest BCUT2D eigenvalue weighted by Gasteiger charge is -2.15. The van der Waals surface area contributed by atoms with Crippen LogP contribution in [0.1, 0.15) is 12.8 Å². The number of aliphatic hydroxyl groups excluding tert-OH is 1. The van der Waals surface area contributed by atoms with E-state index >= 15 is 0 Å². The van der Waals surface area contributed by atoms with Crippen LogP contribution in [0.4, 0.5) is 5.69 Å². The van der Waals surface area contributed by atoms with Gasteiger partial charge in [0.15, 0.2) is 0 Å². The molecule has 0 heterocycles. The van der Waals surface area contributed by atoms with E-state index in [1.807, 2.05) is 0 Å². The van der Waals surface area contributed by atoms with Crippen LogP contribution < -0.4 is 5.32 Å². The Hall–Kier alpha value is -2.32. The summed E-state index contributed by atoms with van der Waals surface area (Å²) in [7, 11) is 0. The Morgan fingerprint density at radius 2 is 1.41 bits per heavy atom. The number of hydrogen-bond acceptors (Lipinski definition) is 2. The second-order valence-corrected chi connectivity index (χ2v) is 5.83. The third-order valence-electron chi connectivity index (χ3n) is 4.43.